The van der Waals surface area contributed by atoms with Gasteiger partial charge in [-0.05, 0) is 37.3 Å². The topological polar surface area (TPSA) is 81.4 Å². The summed E-state index contributed by atoms with van der Waals surface area (Å²) in [5, 5.41) is 10.6. The predicted molar refractivity (Wildman–Crippen MR) is 104 cm³/mol. The van der Waals surface area contributed by atoms with Crippen LogP contribution < -0.4 is 4.74 Å². The van der Waals surface area contributed by atoms with Gasteiger partial charge in [0.1, 0.15) is 23.5 Å². The molecule has 0 saturated heterocycles. The molecule has 28 heavy (non-hydrogen) atoms. The van der Waals surface area contributed by atoms with E-state index in [1.807, 2.05) is 6.26 Å². The van der Waals surface area contributed by atoms with Crippen molar-refractivity contribution in [3.05, 3.63) is 51.2 Å². The van der Waals surface area contributed by atoms with E-state index in [1.165, 1.54) is 11.8 Å². The van der Waals surface area contributed by atoms with Gasteiger partial charge in [0, 0.05) is 27.8 Å². The summed E-state index contributed by atoms with van der Waals surface area (Å²) in [6, 6.07) is 7.26. The summed E-state index contributed by atoms with van der Waals surface area (Å²) < 4.78 is 16.3. The molecule has 0 atom stereocenters. The molecule has 1 fully saturated rings. The van der Waals surface area contributed by atoms with Crippen molar-refractivity contribution >= 4 is 29.3 Å². The number of carbonyl (C=O) groups excluding carboxylic acids is 1. The summed E-state index contributed by atoms with van der Waals surface area (Å²) in [6.45, 7) is 0.518. The molecule has 0 spiro atoms. The van der Waals surface area contributed by atoms with Crippen LogP contribution in [0.2, 0.25) is 5.02 Å². The monoisotopic (exact) mass is 416 g/mol. The number of fused-ring (bicyclic) bond motifs is 1. The molecule has 2 aliphatic rings. The fourth-order valence-corrected chi connectivity index (χ4v) is 3.95. The van der Waals surface area contributed by atoms with Gasteiger partial charge in [-0.3, -0.25) is 0 Å². The van der Waals surface area contributed by atoms with E-state index in [0.29, 0.717) is 33.9 Å². The number of nitriles is 1. The minimum absolute atomic E-state index is 0.0116. The Hall–Kier alpha value is -2.27. The first-order valence-electron chi connectivity index (χ1n) is 8.78. The highest BCUT2D eigenvalue weighted by molar-refractivity contribution is 7.98. The molecule has 0 amide bonds. The highest BCUT2D eigenvalue weighted by atomic mass is 35.5. The number of nitrogens with zero attached hydrogens (tertiary/aromatic N) is 2. The summed E-state index contributed by atoms with van der Waals surface area (Å²) in [4.78, 5) is 17.3. The molecular weight excluding hydrogens is 400 g/mol. The second-order valence-electron chi connectivity index (χ2n) is 6.60. The molecule has 4 rings (SSSR count). The van der Waals surface area contributed by atoms with Crippen molar-refractivity contribution in [3.8, 4) is 11.8 Å². The summed E-state index contributed by atoms with van der Waals surface area (Å²) in [7, 11) is 0. The van der Waals surface area contributed by atoms with Gasteiger partial charge >= 0.3 is 5.97 Å². The van der Waals surface area contributed by atoms with Crippen molar-refractivity contribution in [1.82, 2.24) is 4.98 Å². The van der Waals surface area contributed by atoms with E-state index in [-0.39, 0.29) is 24.5 Å². The lowest BCUT2D eigenvalue weighted by atomic mass is 10.1. The Morgan fingerprint density at radius 3 is 2.96 bits per heavy atom. The molecule has 6 nitrogen and oxygen atoms in total. The maximum Gasteiger partial charge on any atom is 0.339 e. The molecular formula is C20H17ClN2O4S. The highest BCUT2D eigenvalue weighted by Crippen LogP contribution is 2.41. The molecule has 1 saturated carbocycles. The van der Waals surface area contributed by atoms with Gasteiger partial charge in [-0.1, -0.05) is 11.6 Å². The van der Waals surface area contributed by atoms with E-state index in [4.69, 9.17) is 25.8 Å². The van der Waals surface area contributed by atoms with Gasteiger partial charge in [-0.2, -0.15) is 5.26 Å². The third-order valence-corrected chi connectivity index (χ3v) is 5.54. The SMILES string of the molecule is CSc1nc(C2CC2)cc(C(=O)OCc2cc(Cl)cc3c2OCOC3)c1C#N. The van der Waals surface area contributed by atoms with Gasteiger partial charge in [0.15, 0.2) is 6.79 Å². The first-order valence-corrected chi connectivity index (χ1v) is 10.4. The van der Waals surface area contributed by atoms with Gasteiger partial charge in [0.05, 0.1) is 17.7 Å². The largest absolute Gasteiger partial charge is 0.467 e. The van der Waals surface area contributed by atoms with Gasteiger partial charge in [-0.25, -0.2) is 9.78 Å². The molecule has 1 aromatic carbocycles. The lowest BCUT2D eigenvalue weighted by molar-refractivity contribution is -0.0180. The molecule has 1 aliphatic carbocycles. The van der Waals surface area contributed by atoms with Crippen LogP contribution in [0.5, 0.6) is 5.75 Å². The molecule has 1 aliphatic heterocycles. The lowest BCUT2D eigenvalue weighted by Gasteiger charge is -2.21. The standard InChI is InChI=1S/C20H17ClN2O4S/c1-28-19-16(7-22)15(6-17(23-19)11-2-3-11)20(24)26-9-13-5-14(21)4-12-8-25-10-27-18(12)13/h4-6,11H,2-3,8-10H2,1H3. The smallest absolute Gasteiger partial charge is 0.339 e. The van der Waals surface area contributed by atoms with Crippen molar-refractivity contribution in [2.75, 3.05) is 13.0 Å². The molecule has 2 aromatic rings. The van der Waals surface area contributed by atoms with Gasteiger partial charge in [-0.15, -0.1) is 11.8 Å². The number of aromatic nitrogens is 1. The van der Waals surface area contributed by atoms with Crippen molar-refractivity contribution in [2.24, 2.45) is 0 Å². The molecule has 2 heterocycles. The fourth-order valence-electron chi connectivity index (χ4n) is 3.13. The number of hydrogen-bond donors (Lipinski definition) is 0. The van der Waals surface area contributed by atoms with Crippen LogP contribution in [-0.2, 0) is 22.7 Å². The Balaban J connectivity index is 1.60. The van der Waals surface area contributed by atoms with Gasteiger partial charge < -0.3 is 14.2 Å². The summed E-state index contributed by atoms with van der Waals surface area (Å²) in [5.74, 6) is 0.428. The molecule has 0 radical (unpaired) electrons. The number of hydrogen-bond acceptors (Lipinski definition) is 7. The number of rotatable bonds is 5. The number of benzene rings is 1. The molecule has 0 bridgehead atoms. The maximum atomic E-state index is 12.8. The molecule has 144 valence electrons. The number of halogens is 1. The Bertz CT molecular complexity index is 985. The molecule has 0 N–H and O–H groups in total. The van der Waals surface area contributed by atoms with Gasteiger partial charge in [0.25, 0.3) is 0 Å². The zero-order chi connectivity index (χ0) is 19.7. The third-order valence-electron chi connectivity index (χ3n) is 4.64. The Labute approximate surface area is 171 Å². The minimum Gasteiger partial charge on any atom is -0.467 e. The first-order chi connectivity index (χ1) is 13.6. The highest BCUT2D eigenvalue weighted by Gasteiger charge is 2.29. The van der Waals surface area contributed by atoms with E-state index < -0.39 is 5.97 Å². The number of pyridine rings is 1. The average molecular weight is 417 g/mol. The van der Waals surface area contributed by atoms with E-state index in [2.05, 4.69) is 11.1 Å². The third kappa shape index (κ3) is 3.81. The normalized spacial score (nSPS) is 15.3. The molecule has 0 unspecified atom stereocenters. The number of carbonyl (C=O) groups is 1. The second-order valence-corrected chi connectivity index (χ2v) is 7.84. The zero-order valence-corrected chi connectivity index (χ0v) is 16.7. The quantitative estimate of drug-likeness (QED) is 0.526. The maximum absolute atomic E-state index is 12.8. The molecule has 1 aromatic heterocycles. The zero-order valence-electron chi connectivity index (χ0n) is 15.2. The number of esters is 1. The number of thioether (sulfide) groups is 1. The second kappa shape index (κ2) is 8.00. The first kappa shape index (κ1) is 19.1. The van der Waals surface area contributed by atoms with Crippen molar-refractivity contribution in [1.29, 1.82) is 5.26 Å². The van der Waals surface area contributed by atoms with E-state index in [1.54, 1.807) is 18.2 Å². The Morgan fingerprint density at radius 2 is 2.25 bits per heavy atom. The van der Waals surface area contributed by atoms with Crippen molar-refractivity contribution in [2.45, 2.75) is 37.0 Å². The van der Waals surface area contributed by atoms with Crippen LogP contribution in [-0.4, -0.2) is 24.0 Å². The van der Waals surface area contributed by atoms with Crippen molar-refractivity contribution < 1.29 is 19.0 Å². The van der Waals surface area contributed by atoms with Crippen LogP contribution in [0.1, 0.15) is 51.5 Å². The van der Waals surface area contributed by atoms with Crippen LogP contribution in [0.25, 0.3) is 0 Å². The van der Waals surface area contributed by atoms with Gasteiger partial charge in [0.2, 0.25) is 0 Å². The lowest BCUT2D eigenvalue weighted by Crippen LogP contribution is -2.15. The average Bonchev–Trinajstić information content (AvgIpc) is 3.55. The van der Waals surface area contributed by atoms with E-state index in [9.17, 15) is 10.1 Å². The Kier molecular flexibility index (Phi) is 5.44. The number of ether oxygens (including phenoxy) is 3. The predicted octanol–water partition coefficient (Wildman–Crippen LogP) is 4.43. The van der Waals surface area contributed by atoms with E-state index in [0.717, 1.165) is 24.1 Å². The van der Waals surface area contributed by atoms with Crippen LogP contribution in [0.3, 0.4) is 0 Å². The summed E-state index contributed by atoms with van der Waals surface area (Å²) >= 11 is 7.51. The van der Waals surface area contributed by atoms with Crippen LogP contribution in [0.4, 0.5) is 0 Å². The van der Waals surface area contributed by atoms with Crippen molar-refractivity contribution in [3.63, 3.8) is 0 Å². The Morgan fingerprint density at radius 1 is 1.43 bits per heavy atom. The van der Waals surface area contributed by atoms with Crippen LogP contribution >= 0.6 is 23.4 Å². The summed E-state index contributed by atoms with van der Waals surface area (Å²) in [6.07, 6.45) is 3.94. The van der Waals surface area contributed by atoms with E-state index >= 15 is 0 Å². The fraction of sp³-hybridized carbons (Fsp3) is 0.350. The minimum atomic E-state index is -0.558. The molecule has 8 heteroatoms. The van der Waals surface area contributed by atoms with Crippen LogP contribution in [0.15, 0.2) is 23.2 Å². The van der Waals surface area contributed by atoms with Crippen LogP contribution in [0, 0.1) is 11.3 Å². The summed E-state index contributed by atoms with van der Waals surface area (Å²) in [5.41, 5.74) is 2.82.